The van der Waals surface area contributed by atoms with E-state index in [9.17, 15) is 27.2 Å². The molecule has 1 aliphatic heterocycles. The molecule has 2 N–H and O–H groups in total. The van der Waals surface area contributed by atoms with Gasteiger partial charge in [-0.1, -0.05) is 50.2 Å². The lowest BCUT2D eigenvalue weighted by atomic mass is 10.1. The number of carbonyl (C=O) groups excluding carboxylic acids is 3. The Hall–Kier alpha value is -3.02. The fourth-order valence-electron chi connectivity index (χ4n) is 3.15. The maximum Gasteiger partial charge on any atom is 0.293 e. The summed E-state index contributed by atoms with van der Waals surface area (Å²) in [6.07, 6.45) is 1.31. The van der Waals surface area contributed by atoms with Crippen molar-refractivity contribution in [2.45, 2.75) is 24.8 Å². The van der Waals surface area contributed by atoms with Crippen molar-refractivity contribution in [2.24, 2.45) is 5.92 Å². The average molecular weight is 506 g/mol. The molecule has 2 aromatic carbocycles. The molecule has 8 nitrogen and oxygen atoms in total. The molecular formula is C23H24FN3O5S2. The number of nitrogens with zero attached hydrogens (tertiary/aromatic N) is 1. The minimum absolute atomic E-state index is 0.0351. The summed E-state index contributed by atoms with van der Waals surface area (Å²) in [5.41, 5.74) is 0.187. The van der Waals surface area contributed by atoms with E-state index in [2.05, 4.69) is 10.0 Å². The third-order valence-electron chi connectivity index (χ3n) is 4.98. The Kier molecular flexibility index (Phi) is 8.24. The van der Waals surface area contributed by atoms with Gasteiger partial charge in [-0.05, 0) is 42.0 Å². The van der Waals surface area contributed by atoms with E-state index in [1.165, 1.54) is 36.4 Å². The number of hydrogen-bond acceptors (Lipinski definition) is 6. The zero-order chi connectivity index (χ0) is 24.9. The highest BCUT2D eigenvalue weighted by Crippen LogP contribution is 2.32. The van der Waals surface area contributed by atoms with Crippen LogP contribution in [0.1, 0.15) is 19.4 Å². The van der Waals surface area contributed by atoms with Crippen LogP contribution in [0.2, 0.25) is 0 Å². The first-order valence-corrected chi connectivity index (χ1v) is 12.7. The number of carbonyl (C=O) groups is 3. The number of rotatable bonds is 9. The van der Waals surface area contributed by atoms with Gasteiger partial charge in [-0.2, -0.15) is 4.72 Å². The number of thioether (sulfide) groups is 1. The molecule has 1 unspecified atom stereocenters. The van der Waals surface area contributed by atoms with Gasteiger partial charge in [0.15, 0.2) is 0 Å². The molecule has 180 valence electrons. The Bertz CT molecular complexity index is 1220. The topological polar surface area (TPSA) is 113 Å². The molecule has 1 saturated heterocycles. The van der Waals surface area contributed by atoms with Crippen LogP contribution >= 0.6 is 11.8 Å². The summed E-state index contributed by atoms with van der Waals surface area (Å²) in [6, 6.07) is 12.5. The number of amides is 3. The Balaban J connectivity index is 1.61. The molecule has 1 heterocycles. The molecule has 0 aliphatic carbocycles. The lowest BCUT2D eigenvalue weighted by molar-refractivity contribution is -0.125. The Morgan fingerprint density at radius 2 is 1.74 bits per heavy atom. The van der Waals surface area contributed by atoms with Crippen LogP contribution < -0.4 is 10.0 Å². The first-order valence-electron chi connectivity index (χ1n) is 10.4. The van der Waals surface area contributed by atoms with Crippen LogP contribution in [0.4, 0.5) is 9.18 Å². The summed E-state index contributed by atoms with van der Waals surface area (Å²) in [6.45, 7) is 3.21. The van der Waals surface area contributed by atoms with Crippen LogP contribution in [0, 0.1) is 11.7 Å². The standard InChI is InChI=1S/C23H24FN3O5S2/c1-15(2)20(26-34(31,32)17-9-4-3-5-10-17)21(28)25-12-13-27-22(29)19(33-23(27)30)14-16-8-6-7-11-18(16)24/h3-11,14-15,20,26H,12-13H2,1-2H3,(H,25,28). The van der Waals surface area contributed by atoms with Crippen LogP contribution in [0.15, 0.2) is 64.4 Å². The van der Waals surface area contributed by atoms with E-state index in [1.807, 2.05) is 0 Å². The molecular weight excluding hydrogens is 481 g/mol. The fraction of sp³-hybridized carbons (Fsp3) is 0.261. The van der Waals surface area contributed by atoms with Gasteiger partial charge in [-0.25, -0.2) is 12.8 Å². The van der Waals surface area contributed by atoms with E-state index >= 15 is 0 Å². The number of sulfonamides is 1. The fourth-order valence-corrected chi connectivity index (χ4v) is 5.38. The summed E-state index contributed by atoms with van der Waals surface area (Å²) >= 11 is 0.688. The normalized spacial score (nSPS) is 16.4. The first kappa shape index (κ1) is 25.6. The zero-order valence-electron chi connectivity index (χ0n) is 18.5. The maximum absolute atomic E-state index is 13.9. The molecule has 0 aromatic heterocycles. The highest BCUT2D eigenvalue weighted by molar-refractivity contribution is 8.18. The minimum Gasteiger partial charge on any atom is -0.353 e. The Labute approximate surface area is 201 Å². The summed E-state index contributed by atoms with van der Waals surface area (Å²) in [5, 5.41) is 2.04. The van der Waals surface area contributed by atoms with Crippen LogP contribution in [-0.4, -0.2) is 49.5 Å². The van der Waals surface area contributed by atoms with Gasteiger partial charge in [0.1, 0.15) is 11.9 Å². The quantitative estimate of drug-likeness (QED) is 0.507. The minimum atomic E-state index is -3.92. The summed E-state index contributed by atoms with van der Waals surface area (Å²) < 4.78 is 41.5. The van der Waals surface area contributed by atoms with E-state index in [1.54, 1.807) is 38.1 Å². The van der Waals surface area contributed by atoms with E-state index in [-0.39, 0.29) is 34.4 Å². The van der Waals surface area contributed by atoms with Gasteiger partial charge >= 0.3 is 0 Å². The third kappa shape index (κ3) is 6.10. The second-order valence-electron chi connectivity index (χ2n) is 7.80. The van der Waals surface area contributed by atoms with Gasteiger partial charge in [0.25, 0.3) is 11.1 Å². The van der Waals surface area contributed by atoms with Crippen molar-refractivity contribution >= 4 is 44.9 Å². The first-order chi connectivity index (χ1) is 16.1. The van der Waals surface area contributed by atoms with Gasteiger partial charge < -0.3 is 5.32 Å². The van der Waals surface area contributed by atoms with Gasteiger partial charge in [0, 0.05) is 18.7 Å². The van der Waals surface area contributed by atoms with E-state index < -0.39 is 38.9 Å². The van der Waals surface area contributed by atoms with E-state index in [4.69, 9.17) is 0 Å². The number of benzene rings is 2. The predicted molar refractivity (Wildman–Crippen MR) is 127 cm³/mol. The third-order valence-corrected chi connectivity index (χ3v) is 7.35. The molecule has 1 aliphatic rings. The number of hydrogen-bond donors (Lipinski definition) is 2. The van der Waals surface area contributed by atoms with Crippen LogP contribution in [0.25, 0.3) is 6.08 Å². The smallest absolute Gasteiger partial charge is 0.293 e. The number of nitrogens with one attached hydrogen (secondary N) is 2. The summed E-state index contributed by atoms with van der Waals surface area (Å²) in [5.74, 6) is -2.04. The lowest BCUT2D eigenvalue weighted by Crippen LogP contribution is -2.50. The monoisotopic (exact) mass is 505 g/mol. The van der Waals surface area contributed by atoms with Crippen molar-refractivity contribution in [3.05, 3.63) is 70.9 Å². The Morgan fingerprint density at radius 1 is 1.09 bits per heavy atom. The second-order valence-corrected chi connectivity index (χ2v) is 10.5. The maximum atomic E-state index is 13.9. The average Bonchev–Trinajstić information content (AvgIpc) is 3.06. The van der Waals surface area contributed by atoms with Crippen LogP contribution in [-0.2, 0) is 19.6 Å². The van der Waals surface area contributed by atoms with E-state index in [0.717, 1.165) is 4.90 Å². The predicted octanol–water partition coefficient (Wildman–Crippen LogP) is 2.98. The molecule has 34 heavy (non-hydrogen) atoms. The number of imide groups is 1. The molecule has 3 rings (SSSR count). The SMILES string of the molecule is CC(C)C(NS(=O)(=O)c1ccccc1)C(=O)NCCN1C(=O)SC(=Cc2ccccc2F)C1=O. The zero-order valence-corrected chi connectivity index (χ0v) is 20.2. The molecule has 0 bridgehead atoms. The molecule has 1 fully saturated rings. The second kappa shape index (κ2) is 10.9. The molecule has 0 spiro atoms. The van der Waals surface area contributed by atoms with Gasteiger partial charge in [-0.3, -0.25) is 19.3 Å². The van der Waals surface area contributed by atoms with Crippen molar-refractivity contribution in [2.75, 3.05) is 13.1 Å². The Morgan fingerprint density at radius 3 is 2.38 bits per heavy atom. The van der Waals surface area contributed by atoms with Crippen LogP contribution in [0.5, 0.6) is 0 Å². The lowest BCUT2D eigenvalue weighted by Gasteiger charge is -2.22. The molecule has 0 saturated carbocycles. The summed E-state index contributed by atoms with van der Waals surface area (Å²) in [4.78, 5) is 38.6. The van der Waals surface area contributed by atoms with Crippen molar-refractivity contribution in [3.8, 4) is 0 Å². The van der Waals surface area contributed by atoms with Crippen molar-refractivity contribution in [3.63, 3.8) is 0 Å². The number of halogens is 1. The molecule has 3 amide bonds. The largest absolute Gasteiger partial charge is 0.353 e. The van der Waals surface area contributed by atoms with Gasteiger partial charge in [-0.15, -0.1) is 0 Å². The molecule has 2 aromatic rings. The van der Waals surface area contributed by atoms with Gasteiger partial charge in [0.2, 0.25) is 15.9 Å². The van der Waals surface area contributed by atoms with E-state index in [0.29, 0.717) is 11.8 Å². The van der Waals surface area contributed by atoms with Crippen molar-refractivity contribution < 1.29 is 27.2 Å². The highest BCUT2D eigenvalue weighted by atomic mass is 32.2. The molecule has 1 atom stereocenters. The molecule has 0 radical (unpaired) electrons. The summed E-state index contributed by atoms with van der Waals surface area (Å²) in [7, 11) is -3.92. The van der Waals surface area contributed by atoms with Crippen molar-refractivity contribution in [1.82, 2.24) is 14.9 Å². The van der Waals surface area contributed by atoms with Crippen molar-refractivity contribution in [1.29, 1.82) is 0 Å². The van der Waals surface area contributed by atoms with Gasteiger partial charge in [0.05, 0.1) is 9.80 Å². The molecule has 11 heteroatoms. The highest BCUT2D eigenvalue weighted by Gasteiger charge is 2.35. The van der Waals surface area contributed by atoms with Crippen LogP contribution in [0.3, 0.4) is 0 Å².